The molecule has 0 bridgehead atoms. The number of terminal acetylenes is 1. The normalized spacial score (nSPS) is 16.2. The van der Waals surface area contributed by atoms with Crippen molar-refractivity contribution in [2.75, 3.05) is 13.9 Å². The predicted molar refractivity (Wildman–Crippen MR) is 101 cm³/mol. The minimum atomic E-state index is -1.96. The number of rotatable bonds is 12. The average Bonchev–Trinajstić information content (AvgIpc) is 2.48. The maximum atomic E-state index is 11.2. The van der Waals surface area contributed by atoms with Gasteiger partial charge in [-0.2, -0.15) is 0 Å². The number of methoxy groups -OCH3 is 1. The lowest BCUT2D eigenvalue weighted by atomic mass is 9.92. The first kappa shape index (κ1) is 23.3. The number of aldehydes is 1. The molecule has 0 saturated carbocycles. The second kappa shape index (κ2) is 11.0. The maximum absolute atomic E-state index is 11.2. The van der Waals surface area contributed by atoms with Crippen LogP contribution in [0, 0.1) is 18.3 Å². The molecule has 0 aromatic rings. The van der Waals surface area contributed by atoms with Crippen LogP contribution in [0.3, 0.4) is 0 Å². The van der Waals surface area contributed by atoms with Gasteiger partial charge in [-0.15, -0.1) is 12.3 Å². The van der Waals surface area contributed by atoms with E-state index in [2.05, 4.69) is 46.7 Å². The van der Waals surface area contributed by atoms with Gasteiger partial charge in [-0.1, -0.05) is 27.7 Å². The van der Waals surface area contributed by atoms with Crippen molar-refractivity contribution in [3.63, 3.8) is 0 Å². The van der Waals surface area contributed by atoms with Gasteiger partial charge < -0.3 is 18.7 Å². The van der Waals surface area contributed by atoms with Gasteiger partial charge in [0.2, 0.25) is 0 Å². The zero-order chi connectivity index (χ0) is 18.8. The van der Waals surface area contributed by atoms with Crippen molar-refractivity contribution in [2.45, 2.75) is 83.7 Å². The van der Waals surface area contributed by atoms with E-state index in [1.165, 1.54) is 0 Å². The zero-order valence-corrected chi connectivity index (χ0v) is 17.6. The lowest BCUT2D eigenvalue weighted by molar-refractivity contribution is -0.117. The molecule has 0 aromatic heterocycles. The third kappa shape index (κ3) is 7.93. The van der Waals surface area contributed by atoms with Gasteiger partial charge in [0.1, 0.15) is 13.1 Å². The highest BCUT2D eigenvalue weighted by Gasteiger charge is 2.41. The largest absolute Gasteiger partial charge is 0.413 e. The highest BCUT2D eigenvalue weighted by molar-refractivity contribution is 6.74. The third-order valence-electron chi connectivity index (χ3n) is 4.96. The van der Waals surface area contributed by atoms with E-state index in [4.69, 9.17) is 20.3 Å². The summed E-state index contributed by atoms with van der Waals surface area (Å²) in [6.07, 6.45) is 8.96. The summed E-state index contributed by atoms with van der Waals surface area (Å²) in [4.78, 5) is 11.2. The standard InChI is InChI=1S/C19H36O4Si/c1-9-10-11-12-17(22-15-21-6)16(2)18(13-14-20)23-24(7,8)19(3,4)5/h1,14,16-18H,10-13,15H2,2-8H3/t16-,17-,18+/m1/s1. The fraction of sp³-hybridized carbons (Fsp3) is 0.842. The minimum Gasteiger partial charge on any atom is -0.413 e. The Balaban J connectivity index is 5.13. The Hall–Kier alpha value is -0.673. The molecule has 0 saturated heterocycles. The molecule has 0 spiro atoms. The molecule has 5 heteroatoms. The Bertz CT molecular complexity index is 395. The van der Waals surface area contributed by atoms with Crippen LogP contribution in [0.1, 0.15) is 53.4 Å². The quantitative estimate of drug-likeness (QED) is 0.171. The van der Waals surface area contributed by atoms with Crippen molar-refractivity contribution in [3.05, 3.63) is 0 Å². The van der Waals surface area contributed by atoms with E-state index in [1.807, 2.05) is 0 Å². The highest BCUT2D eigenvalue weighted by atomic mass is 28.4. The molecular formula is C19H36O4Si. The predicted octanol–water partition coefficient (Wildman–Crippen LogP) is 4.39. The number of ether oxygens (including phenoxy) is 2. The maximum Gasteiger partial charge on any atom is 0.192 e. The molecule has 3 atom stereocenters. The SMILES string of the molecule is C#CCCC[C@@H](OCOC)[C@@H](C)[C@H](CC=O)O[Si](C)(C)C(C)(C)C. The molecule has 0 amide bonds. The lowest BCUT2D eigenvalue weighted by Gasteiger charge is -2.41. The van der Waals surface area contributed by atoms with E-state index in [0.29, 0.717) is 6.42 Å². The van der Waals surface area contributed by atoms with E-state index < -0.39 is 8.32 Å². The number of carbonyl (C=O) groups excluding carboxylic acids is 1. The topological polar surface area (TPSA) is 44.8 Å². The van der Waals surface area contributed by atoms with Crippen LogP contribution in [-0.2, 0) is 18.7 Å². The fourth-order valence-corrected chi connectivity index (χ4v) is 3.74. The van der Waals surface area contributed by atoms with Gasteiger partial charge in [0.05, 0.1) is 12.2 Å². The van der Waals surface area contributed by atoms with Crippen molar-refractivity contribution in [1.82, 2.24) is 0 Å². The van der Waals surface area contributed by atoms with E-state index in [-0.39, 0.29) is 30.0 Å². The summed E-state index contributed by atoms with van der Waals surface area (Å²) < 4.78 is 17.4. The first-order valence-electron chi connectivity index (χ1n) is 8.76. The summed E-state index contributed by atoms with van der Waals surface area (Å²) in [6.45, 7) is 13.4. The van der Waals surface area contributed by atoms with Crippen LogP contribution in [0.5, 0.6) is 0 Å². The molecule has 0 N–H and O–H groups in total. The van der Waals surface area contributed by atoms with Crippen molar-refractivity contribution >= 4 is 14.6 Å². The molecule has 0 aliphatic carbocycles. The van der Waals surface area contributed by atoms with Crippen molar-refractivity contribution in [1.29, 1.82) is 0 Å². The van der Waals surface area contributed by atoms with Gasteiger partial charge in [0, 0.05) is 25.9 Å². The molecule has 0 radical (unpaired) electrons. The van der Waals surface area contributed by atoms with Crippen LogP contribution in [0.2, 0.25) is 18.1 Å². The summed E-state index contributed by atoms with van der Waals surface area (Å²) in [5, 5.41) is 0.0974. The molecule has 0 rings (SSSR count). The van der Waals surface area contributed by atoms with Gasteiger partial charge in [0.15, 0.2) is 8.32 Å². The van der Waals surface area contributed by atoms with Gasteiger partial charge in [0.25, 0.3) is 0 Å². The Morgan fingerprint density at radius 3 is 2.33 bits per heavy atom. The minimum absolute atomic E-state index is 0.0342. The monoisotopic (exact) mass is 356 g/mol. The van der Waals surface area contributed by atoms with Crippen LogP contribution in [0.25, 0.3) is 0 Å². The Kier molecular flexibility index (Phi) is 10.7. The van der Waals surface area contributed by atoms with Crippen molar-refractivity contribution in [3.8, 4) is 12.3 Å². The highest BCUT2D eigenvalue weighted by Crippen LogP contribution is 2.39. The smallest absolute Gasteiger partial charge is 0.192 e. The molecule has 0 heterocycles. The van der Waals surface area contributed by atoms with Gasteiger partial charge >= 0.3 is 0 Å². The number of hydrogen-bond donors (Lipinski definition) is 0. The van der Waals surface area contributed by atoms with E-state index >= 15 is 0 Å². The summed E-state index contributed by atoms with van der Waals surface area (Å²) in [7, 11) is -0.352. The first-order chi connectivity index (χ1) is 11.1. The Morgan fingerprint density at radius 1 is 1.25 bits per heavy atom. The third-order valence-corrected chi connectivity index (χ3v) is 9.47. The molecule has 0 aliphatic rings. The van der Waals surface area contributed by atoms with Gasteiger partial charge in [-0.05, 0) is 31.0 Å². The van der Waals surface area contributed by atoms with Crippen molar-refractivity contribution < 1.29 is 18.7 Å². The van der Waals surface area contributed by atoms with Crippen molar-refractivity contribution in [2.24, 2.45) is 5.92 Å². The molecule has 24 heavy (non-hydrogen) atoms. The molecule has 0 unspecified atom stereocenters. The Labute approximate surface area is 149 Å². The van der Waals surface area contributed by atoms with Crippen LogP contribution in [0.4, 0.5) is 0 Å². The van der Waals surface area contributed by atoms with E-state index in [0.717, 1.165) is 25.5 Å². The lowest BCUT2D eigenvalue weighted by Crippen LogP contribution is -2.47. The number of carbonyl (C=O) groups is 1. The number of unbranched alkanes of at least 4 members (excludes halogenated alkanes) is 1. The van der Waals surface area contributed by atoms with E-state index in [9.17, 15) is 4.79 Å². The second-order valence-corrected chi connectivity index (χ2v) is 12.6. The fourth-order valence-electron chi connectivity index (χ4n) is 2.32. The number of hydrogen-bond acceptors (Lipinski definition) is 4. The van der Waals surface area contributed by atoms with Crippen LogP contribution >= 0.6 is 0 Å². The molecule has 140 valence electrons. The summed E-state index contributed by atoms with van der Waals surface area (Å²) in [5.74, 6) is 2.76. The average molecular weight is 357 g/mol. The molecular weight excluding hydrogens is 320 g/mol. The molecule has 0 fully saturated rings. The summed E-state index contributed by atoms with van der Waals surface area (Å²) >= 11 is 0. The van der Waals surface area contributed by atoms with Crippen LogP contribution < -0.4 is 0 Å². The molecule has 0 aliphatic heterocycles. The summed E-state index contributed by atoms with van der Waals surface area (Å²) in [5.41, 5.74) is 0. The van der Waals surface area contributed by atoms with Gasteiger partial charge in [-0.25, -0.2) is 0 Å². The summed E-state index contributed by atoms with van der Waals surface area (Å²) in [6, 6.07) is 0. The van der Waals surface area contributed by atoms with Crippen LogP contribution in [0.15, 0.2) is 0 Å². The zero-order valence-electron chi connectivity index (χ0n) is 16.6. The van der Waals surface area contributed by atoms with E-state index in [1.54, 1.807) is 7.11 Å². The molecule has 4 nitrogen and oxygen atoms in total. The van der Waals surface area contributed by atoms with Crippen LogP contribution in [-0.4, -0.2) is 40.7 Å². The Morgan fingerprint density at radius 2 is 1.88 bits per heavy atom. The van der Waals surface area contributed by atoms with Gasteiger partial charge in [-0.3, -0.25) is 0 Å². The molecule has 0 aromatic carbocycles. The second-order valence-electron chi connectivity index (χ2n) is 7.89. The first-order valence-corrected chi connectivity index (χ1v) is 11.7.